The van der Waals surface area contributed by atoms with Crippen LogP contribution in [-0.2, 0) is 16.0 Å². The summed E-state index contributed by atoms with van der Waals surface area (Å²) in [7, 11) is 1.31. The van der Waals surface area contributed by atoms with Crippen LogP contribution in [0.3, 0.4) is 0 Å². The van der Waals surface area contributed by atoms with Gasteiger partial charge in [0.1, 0.15) is 16.6 Å². The molecule has 1 amide bonds. The number of H-pyrrole nitrogens is 1. The Labute approximate surface area is 152 Å². The molecule has 0 bridgehead atoms. The van der Waals surface area contributed by atoms with E-state index in [1.54, 1.807) is 30.3 Å². The number of hydrogen-bond donors (Lipinski definition) is 2. The average Bonchev–Trinajstić information content (AvgIpc) is 3.04. The summed E-state index contributed by atoms with van der Waals surface area (Å²) in [6.07, 6.45) is 0.345. The van der Waals surface area contributed by atoms with Crippen molar-refractivity contribution in [2.75, 3.05) is 7.11 Å². The number of ether oxygens (including phenoxy) is 1. The number of esters is 1. The first kappa shape index (κ1) is 17.9. The molecule has 134 valence electrons. The van der Waals surface area contributed by atoms with E-state index in [1.807, 2.05) is 0 Å². The fourth-order valence-electron chi connectivity index (χ4n) is 2.54. The van der Waals surface area contributed by atoms with E-state index < -0.39 is 17.1 Å². The van der Waals surface area contributed by atoms with Crippen LogP contribution in [0.25, 0.3) is 11.0 Å². The van der Waals surface area contributed by atoms with Gasteiger partial charge in [-0.1, -0.05) is 30.0 Å². The molecule has 3 N–H and O–H groups in total. The number of primary amides is 1. The molecule has 0 saturated heterocycles. The number of imidazole rings is 1. The van der Waals surface area contributed by atoms with Crippen molar-refractivity contribution in [2.24, 2.45) is 5.73 Å². The predicted molar refractivity (Wildman–Crippen MR) is 96.4 cm³/mol. The Morgan fingerprint density at radius 1 is 1.27 bits per heavy atom. The summed E-state index contributed by atoms with van der Waals surface area (Å²) in [6, 6.07) is 11.0. The number of thioether (sulfide) groups is 1. The van der Waals surface area contributed by atoms with E-state index in [2.05, 4.69) is 9.97 Å². The zero-order chi connectivity index (χ0) is 18.7. The number of para-hydroxylation sites is 1. The van der Waals surface area contributed by atoms with Gasteiger partial charge < -0.3 is 15.5 Å². The van der Waals surface area contributed by atoms with Crippen LogP contribution in [0.2, 0.25) is 0 Å². The molecule has 26 heavy (non-hydrogen) atoms. The third-order valence-corrected chi connectivity index (χ3v) is 4.87. The fraction of sp³-hybridized carbons (Fsp3) is 0.167. The van der Waals surface area contributed by atoms with Gasteiger partial charge in [0.05, 0.1) is 18.2 Å². The second-order valence-corrected chi connectivity index (χ2v) is 6.76. The van der Waals surface area contributed by atoms with E-state index in [0.29, 0.717) is 28.2 Å². The summed E-state index contributed by atoms with van der Waals surface area (Å²) in [5, 5.41) is -0.116. The first-order valence-corrected chi connectivity index (χ1v) is 8.63. The number of rotatable bonds is 6. The Balaban J connectivity index is 1.88. The smallest absolute Gasteiger partial charge is 0.319 e. The Bertz CT molecular complexity index is 956. The third kappa shape index (κ3) is 3.85. The number of carbonyl (C=O) groups excluding carboxylic acids is 2. The van der Waals surface area contributed by atoms with Gasteiger partial charge in [-0.3, -0.25) is 9.59 Å². The standard InChI is InChI=1S/C18H16FN3O3S/c1-25-17(24)14(9-10-5-7-11(19)8-6-10)26-18-21-13-4-2-3-12(16(20)23)15(13)22-18/h2-8,14H,9H2,1H3,(H2,20,23)(H,21,22). The summed E-state index contributed by atoms with van der Waals surface area (Å²) < 4.78 is 17.9. The number of carbonyl (C=O) groups is 2. The van der Waals surface area contributed by atoms with E-state index in [-0.39, 0.29) is 5.82 Å². The Kier molecular flexibility index (Phi) is 5.22. The second kappa shape index (κ2) is 7.57. The Hall–Kier alpha value is -2.87. The van der Waals surface area contributed by atoms with E-state index in [4.69, 9.17) is 10.5 Å². The van der Waals surface area contributed by atoms with Crippen LogP contribution in [0, 0.1) is 5.82 Å². The summed E-state index contributed by atoms with van der Waals surface area (Å²) in [5.74, 6) is -1.34. The van der Waals surface area contributed by atoms with Crippen LogP contribution in [0.4, 0.5) is 4.39 Å². The predicted octanol–water partition coefficient (Wildman–Crippen LogP) is 2.68. The molecule has 2 aromatic carbocycles. The molecular formula is C18H16FN3O3S. The number of fused-ring (bicyclic) bond motifs is 1. The Morgan fingerprint density at radius 3 is 2.65 bits per heavy atom. The average molecular weight is 373 g/mol. The highest BCUT2D eigenvalue weighted by Crippen LogP contribution is 2.28. The van der Waals surface area contributed by atoms with Crippen molar-refractivity contribution in [2.45, 2.75) is 16.8 Å². The van der Waals surface area contributed by atoms with Gasteiger partial charge in [0.2, 0.25) is 0 Å². The zero-order valence-electron chi connectivity index (χ0n) is 13.9. The van der Waals surface area contributed by atoms with Crippen molar-refractivity contribution in [3.05, 3.63) is 59.4 Å². The molecule has 3 rings (SSSR count). The number of nitrogens with two attached hydrogens (primary N) is 1. The summed E-state index contributed by atoms with van der Waals surface area (Å²) in [4.78, 5) is 31.1. The molecule has 0 fully saturated rings. The maximum atomic E-state index is 13.1. The molecular weight excluding hydrogens is 357 g/mol. The molecule has 0 aliphatic rings. The van der Waals surface area contributed by atoms with E-state index in [9.17, 15) is 14.0 Å². The van der Waals surface area contributed by atoms with Gasteiger partial charge in [-0.15, -0.1) is 0 Å². The number of methoxy groups -OCH3 is 1. The van der Waals surface area contributed by atoms with Gasteiger partial charge in [-0.25, -0.2) is 9.37 Å². The molecule has 0 radical (unpaired) electrons. The maximum absolute atomic E-state index is 13.1. The number of nitrogens with one attached hydrogen (secondary N) is 1. The lowest BCUT2D eigenvalue weighted by Crippen LogP contribution is -2.21. The number of halogens is 1. The lowest BCUT2D eigenvalue weighted by atomic mass is 10.1. The highest BCUT2D eigenvalue weighted by molar-refractivity contribution is 8.00. The summed E-state index contributed by atoms with van der Waals surface area (Å²) in [6.45, 7) is 0. The van der Waals surface area contributed by atoms with Crippen molar-refractivity contribution >= 4 is 34.7 Å². The topological polar surface area (TPSA) is 98.1 Å². The first-order valence-electron chi connectivity index (χ1n) is 7.75. The van der Waals surface area contributed by atoms with Crippen molar-refractivity contribution < 1.29 is 18.7 Å². The first-order chi connectivity index (χ1) is 12.5. The lowest BCUT2D eigenvalue weighted by molar-refractivity contribution is -0.139. The number of aromatic amines is 1. The van der Waals surface area contributed by atoms with Gasteiger partial charge in [0, 0.05) is 0 Å². The zero-order valence-corrected chi connectivity index (χ0v) is 14.7. The molecule has 3 aromatic rings. The van der Waals surface area contributed by atoms with Gasteiger partial charge in [-0.05, 0) is 36.2 Å². The van der Waals surface area contributed by atoms with Crippen molar-refractivity contribution in [3.63, 3.8) is 0 Å². The second-order valence-electron chi connectivity index (χ2n) is 5.57. The van der Waals surface area contributed by atoms with Crippen molar-refractivity contribution in [1.82, 2.24) is 9.97 Å². The number of aromatic nitrogens is 2. The van der Waals surface area contributed by atoms with Crippen LogP contribution in [0.15, 0.2) is 47.6 Å². The minimum Gasteiger partial charge on any atom is -0.468 e. The molecule has 1 heterocycles. The minimum absolute atomic E-state index is 0.304. The highest BCUT2D eigenvalue weighted by atomic mass is 32.2. The van der Waals surface area contributed by atoms with E-state index in [1.165, 1.54) is 31.0 Å². The molecule has 0 saturated carbocycles. The lowest BCUT2D eigenvalue weighted by Gasteiger charge is -2.12. The van der Waals surface area contributed by atoms with Crippen LogP contribution < -0.4 is 5.73 Å². The molecule has 8 heteroatoms. The molecule has 6 nitrogen and oxygen atoms in total. The molecule has 0 spiro atoms. The molecule has 1 aromatic heterocycles. The quantitative estimate of drug-likeness (QED) is 0.511. The molecule has 0 aliphatic heterocycles. The molecule has 1 atom stereocenters. The van der Waals surface area contributed by atoms with Crippen LogP contribution in [0.1, 0.15) is 15.9 Å². The van der Waals surface area contributed by atoms with Gasteiger partial charge >= 0.3 is 5.97 Å². The largest absolute Gasteiger partial charge is 0.468 e. The molecule has 0 aliphatic carbocycles. The fourth-order valence-corrected chi connectivity index (χ4v) is 3.59. The van der Waals surface area contributed by atoms with E-state index >= 15 is 0 Å². The summed E-state index contributed by atoms with van der Waals surface area (Å²) >= 11 is 1.18. The maximum Gasteiger partial charge on any atom is 0.319 e. The van der Waals surface area contributed by atoms with Gasteiger partial charge in [0.15, 0.2) is 5.16 Å². The normalized spacial score (nSPS) is 12.1. The van der Waals surface area contributed by atoms with Crippen molar-refractivity contribution in [3.8, 4) is 0 Å². The number of amides is 1. The van der Waals surface area contributed by atoms with Gasteiger partial charge in [-0.2, -0.15) is 0 Å². The number of nitrogens with zero attached hydrogens (tertiary/aromatic N) is 1. The monoisotopic (exact) mass is 373 g/mol. The third-order valence-electron chi connectivity index (χ3n) is 3.81. The van der Waals surface area contributed by atoms with E-state index in [0.717, 1.165) is 5.56 Å². The van der Waals surface area contributed by atoms with Crippen LogP contribution >= 0.6 is 11.8 Å². The molecule has 1 unspecified atom stereocenters. The number of hydrogen-bond acceptors (Lipinski definition) is 5. The van der Waals surface area contributed by atoms with Crippen molar-refractivity contribution in [1.29, 1.82) is 0 Å². The minimum atomic E-state index is -0.581. The Morgan fingerprint density at radius 2 is 2.00 bits per heavy atom. The SMILES string of the molecule is COC(=O)C(Cc1ccc(F)cc1)Sc1nc2c(C(N)=O)cccc2[nH]1. The highest BCUT2D eigenvalue weighted by Gasteiger charge is 2.23. The van der Waals surface area contributed by atoms with Crippen LogP contribution in [0.5, 0.6) is 0 Å². The number of benzene rings is 2. The summed E-state index contributed by atoms with van der Waals surface area (Å²) in [5.41, 5.74) is 7.57. The van der Waals surface area contributed by atoms with Crippen LogP contribution in [-0.4, -0.2) is 34.2 Å². The van der Waals surface area contributed by atoms with Gasteiger partial charge in [0.25, 0.3) is 5.91 Å².